The first kappa shape index (κ1) is 14.2. The van der Waals surface area contributed by atoms with Crippen molar-refractivity contribution in [2.24, 2.45) is 0 Å². The van der Waals surface area contributed by atoms with Gasteiger partial charge in [0.1, 0.15) is 5.82 Å². The first-order chi connectivity index (χ1) is 9.18. The van der Waals surface area contributed by atoms with Gasteiger partial charge in [-0.15, -0.1) is 0 Å². The zero-order chi connectivity index (χ0) is 13.6. The van der Waals surface area contributed by atoms with Gasteiger partial charge >= 0.3 is 0 Å². The molecular weight excluding hydrogens is 245 g/mol. The minimum absolute atomic E-state index is 0.225. The summed E-state index contributed by atoms with van der Waals surface area (Å²) in [6.07, 6.45) is 5.26. The molecule has 104 valence electrons. The van der Waals surface area contributed by atoms with Crippen LogP contribution in [0.4, 0.5) is 4.39 Å². The van der Waals surface area contributed by atoms with Crippen LogP contribution < -0.4 is 5.32 Å². The molecule has 1 aromatic carbocycles. The standard InChI is InChI=1S/C15H20FNO2/c16-14-5-3-13(4-6-14)2-1-9-17-12-15(18)7-10-19-11-8-15/h1-6,17-18H,7-12H2/b2-1+. The normalized spacial score (nSPS) is 18.8. The molecule has 0 saturated carbocycles. The Morgan fingerprint density at radius 3 is 2.63 bits per heavy atom. The molecule has 1 aromatic rings. The Hall–Kier alpha value is -1.23. The number of rotatable bonds is 5. The second kappa shape index (κ2) is 6.80. The van der Waals surface area contributed by atoms with Gasteiger partial charge in [0.05, 0.1) is 5.60 Å². The van der Waals surface area contributed by atoms with Crippen LogP contribution >= 0.6 is 0 Å². The summed E-state index contributed by atoms with van der Waals surface area (Å²) in [4.78, 5) is 0. The van der Waals surface area contributed by atoms with Crippen molar-refractivity contribution in [2.45, 2.75) is 18.4 Å². The molecule has 2 N–H and O–H groups in total. The van der Waals surface area contributed by atoms with Crippen molar-refractivity contribution in [1.29, 1.82) is 0 Å². The molecule has 1 heterocycles. The smallest absolute Gasteiger partial charge is 0.123 e. The summed E-state index contributed by atoms with van der Waals surface area (Å²) in [5.74, 6) is -0.225. The van der Waals surface area contributed by atoms with E-state index in [0.717, 1.165) is 5.56 Å². The highest BCUT2D eigenvalue weighted by atomic mass is 19.1. The van der Waals surface area contributed by atoms with E-state index in [1.165, 1.54) is 12.1 Å². The highest BCUT2D eigenvalue weighted by Gasteiger charge is 2.28. The average Bonchev–Trinajstić information content (AvgIpc) is 2.41. The lowest BCUT2D eigenvalue weighted by Gasteiger charge is -2.32. The van der Waals surface area contributed by atoms with E-state index >= 15 is 0 Å². The molecule has 1 aliphatic heterocycles. The van der Waals surface area contributed by atoms with Crippen molar-refractivity contribution < 1.29 is 14.2 Å². The van der Waals surface area contributed by atoms with Gasteiger partial charge in [0, 0.05) is 39.1 Å². The molecule has 0 amide bonds. The summed E-state index contributed by atoms with van der Waals surface area (Å²) in [5.41, 5.74) is 0.329. The maximum absolute atomic E-state index is 12.7. The second-order valence-corrected chi connectivity index (χ2v) is 4.92. The molecule has 4 heteroatoms. The SMILES string of the molecule is OC1(CNC/C=C/c2ccc(F)cc2)CCOCC1. The highest BCUT2D eigenvalue weighted by Crippen LogP contribution is 2.19. The van der Waals surface area contributed by atoms with Gasteiger partial charge in [-0.2, -0.15) is 0 Å². The van der Waals surface area contributed by atoms with E-state index in [4.69, 9.17) is 4.74 Å². The van der Waals surface area contributed by atoms with Gasteiger partial charge in [-0.3, -0.25) is 0 Å². The second-order valence-electron chi connectivity index (χ2n) is 4.92. The van der Waals surface area contributed by atoms with Gasteiger partial charge in [0.25, 0.3) is 0 Å². The van der Waals surface area contributed by atoms with Gasteiger partial charge in [-0.1, -0.05) is 24.3 Å². The predicted octanol–water partition coefficient (Wildman–Crippen LogP) is 1.97. The van der Waals surface area contributed by atoms with E-state index in [1.807, 2.05) is 12.2 Å². The molecule has 2 rings (SSSR count). The number of aliphatic hydroxyl groups is 1. The van der Waals surface area contributed by atoms with E-state index in [-0.39, 0.29) is 5.82 Å². The highest BCUT2D eigenvalue weighted by molar-refractivity contribution is 5.48. The largest absolute Gasteiger partial charge is 0.388 e. The summed E-state index contributed by atoms with van der Waals surface area (Å²) in [5, 5.41) is 13.4. The zero-order valence-corrected chi connectivity index (χ0v) is 10.9. The van der Waals surface area contributed by atoms with Crippen LogP contribution in [0.15, 0.2) is 30.3 Å². The van der Waals surface area contributed by atoms with Crippen LogP contribution in [0.25, 0.3) is 6.08 Å². The Bertz CT molecular complexity index is 411. The van der Waals surface area contributed by atoms with Crippen LogP contribution in [0.2, 0.25) is 0 Å². The van der Waals surface area contributed by atoms with Crippen molar-refractivity contribution in [3.8, 4) is 0 Å². The molecule has 0 radical (unpaired) electrons. The number of halogens is 1. The maximum atomic E-state index is 12.7. The van der Waals surface area contributed by atoms with Gasteiger partial charge in [-0.25, -0.2) is 4.39 Å². The third-order valence-electron chi connectivity index (χ3n) is 3.32. The number of hydrogen-bond donors (Lipinski definition) is 2. The van der Waals surface area contributed by atoms with Crippen molar-refractivity contribution in [1.82, 2.24) is 5.32 Å². The van der Waals surface area contributed by atoms with Gasteiger partial charge < -0.3 is 15.2 Å². The molecule has 0 spiro atoms. The topological polar surface area (TPSA) is 41.5 Å². The summed E-state index contributed by atoms with van der Waals surface area (Å²) in [6, 6.07) is 6.35. The Labute approximate surface area is 113 Å². The molecule has 19 heavy (non-hydrogen) atoms. The molecule has 0 atom stereocenters. The van der Waals surface area contributed by atoms with Crippen molar-refractivity contribution >= 4 is 6.08 Å². The van der Waals surface area contributed by atoms with Crippen LogP contribution in [0.1, 0.15) is 18.4 Å². The molecule has 1 saturated heterocycles. The minimum Gasteiger partial charge on any atom is -0.388 e. The molecule has 1 aliphatic rings. The van der Waals surface area contributed by atoms with E-state index < -0.39 is 5.60 Å². The molecule has 3 nitrogen and oxygen atoms in total. The average molecular weight is 265 g/mol. The van der Waals surface area contributed by atoms with E-state index in [9.17, 15) is 9.50 Å². The maximum Gasteiger partial charge on any atom is 0.123 e. The minimum atomic E-state index is -0.637. The lowest BCUT2D eigenvalue weighted by Crippen LogP contribution is -2.45. The lowest BCUT2D eigenvalue weighted by molar-refractivity contribution is -0.0610. The zero-order valence-electron chi connectivity index (χ0n) is 10.9. The quantitative estimate of drug-likeness (QED) is 0.800. The first-order valence-electron chi connectivity index (χ1n) is 6.61. The van der Waals surface area contributed by atoms with Gasteiger partial charge in [0.15, 0.2) is 0 Å². The van der Waals surface area contributed by atoms with Gasteiger partial charge in [0.2, 0.25) is 0 Å². The fourth-order valence-corrected chi connectivity index (χ4v) is 2.09. The molecule has 0 bridgehead atoms. The van der Waals surface area contributed by atoms with Crippen LogP contribution in [0, 0.1) is 5.82 Å². The van der Waals surface area contributed by atoms with Crippen molar-refractivity contribution in [3.05, 3.63) is 41.7 Å². The van der Waals surface area contributed by atoms with Crippen LogP contribution in [-0.4, -0.2) is 37.0 Å². The first-order valence-corrected chi connectivity index (χ1v) is 6.61. The molecule has 1 fully saturated rings. The lowest BCUT2D eigenvalue weighted by atomic mass is 9.94. The molecule has 0 aromatic heterocycles. The van der Waals surface area contributed by atoms with E-state index in [2.05, 4.69) is 5.32 Å². The molecular formula is C15H20FNO2. The number of benzene rings is 1. The summed E-state index contributed by atoms with van der Waals surface area (Å²) in [6.45, 7) is 2.51. The van der Waals surface area contributed by atoms with Gasteiger partial charge in [-0.05, 0) is 17.7 Å². The van der Waals surface area contributed by atoms with Crippen LogP contribution in [-0.2, 0) is 4.74 Å². The molecule has 0 aliphatic carbocycles. The predicted molar refractivity (Wildman–Crippen MR) is 73.3 cm³/mol. The Balaban J connectivity index is 1.70. The number of nitrogens with one attached hydrogen (secondary N) is 1. The van der Waals surface area contributed by atoms with Crippen LogP contribution in [0.5, 0.6) is 0 Å². The third-order valence-corrected chi connectivity index (χ3v) is 3.32. The fourth-order valence-electron chi connectivity index (χ4n) is 2.09. The third kappa shape index (κ3) is 4.74. The Kier molecular flexibility index (Phi) is 5.07. The van der Waals surface area contributed by atoms with E-state index in [0.29, 0.717) is 39.1 Å². The summed E-state index contributed by atoms with van der Waals surface area (Å²) >= 11 is 0. The Morgan fingerprint density at radius 1 is 1.26 bits per heavy atom. The van der Waals surface area contributed by atoms with E-state index in [1.54, 1.807) is 12.1 Å². The van der Waals surface area contributed by atoms with Crippen LogP contribution in [0.3, 0.4) is 0 Å². The monoisotopic (exact) mass is 265 g/mol. The molecule has 0 unspecified atom stereocenters. The van der Waals surface area contributed by atoms with Crippen molar-refractivity contribution in [3.63, 3.8) is 0 Å². The summed E-state index contributed by atoms with van der Waals surface area (Å²) < 4.78 is 17.9. The number of hydrogen-bond acceptors (Lipinski definition) is 3. The Morgan fingerprint density at radius 2 is 1.95 bits per heavy atom. The van der Waals surface area contributed by atoms with Crippen molar-refractivity contribution in [2.75, 3.05) is 26.3 Å². The fraction of sp³-hybridized carbons (Fsp3) is 0.467. The summed E-state index contributed by atoms with van der Waals surface area (Å²) in [7, 11) is 0. The number of ether oxygens (including phenoxy) is 1.